The minimum absolute atomic E-state index is 0.108. The van der Waals surface area contributed by atoms with E-state index in [1.165, 1.54) is 36.6 Å². The van der Waals surface area contributed by atoms with Gasteiger partial charge in [-0.1, -0.05) is 61.4 Å². The molecule has 0 aliphatic heterocycles. The van der Waals surface area contributed by atoms with Gasteiger partial charge in [-0.15, -0.1) is 5.10 Å². The molecule has 1 aliphatic carbocycles. The van der Waals surface area contributed by atoms with Crippen molar-refractivity contribution < 1.29 is 4.79 Å². The fraction of sp³-hybridized carbons (Fsp3) is 0.550. The molecule has 27 heavy (non-hydrogen) atoms. The van der Waals surface area contributed by atoms with Gasteiger partial charge in [-0.25, -0.2) is 9.89 Å². The number of amides is 1. The highest BCUT2D eigenvalue weighted by Gasteiger charge is 2.27. The van der Waals surface area contributed by atoms with E-state index in [2.05, 4.69) is 10.2 Å². The van der Waals surface area contributed by atoms with Gasteiger partial charge in [-0.3, -0.25) is 9.36 Å². The van der Waals surface area contributed by atoms with Crippen LogP contribution >= 0.6 is 11.8 Å². The van der Waals surface area contributed by atoms with Gasteiger partial charge in [-0.05, 0) is 31.7 Å². The zero-order chi connectivity index (χ0) is 19.2. The first kappa shape index (κ1) is 19.7. The number of aromatic nitrogens is 3. The molecule has 6 nitrogen and oxygen atoms in total. The van der Waals surface area contributed by atoms with Gasteiger partial charge in [0, 0.05) is 19.6 Å². The van der Waals surface area contributed by atoms with Gasteiger partial charge >= 0.3 is 5.69 Å². The summed E-state index contributed by atoms with van der Waals surface area (Å²) in [6, 6.07) is 10.4. The number of thioether (sulfide) groups is 1. The summed E-state index contributed by atoms with van der Waals surface area (Å²) >= 11 is 1.36. The molecule has 0 spiro atoms. The summed E-state index contributed by atoms with van der Waals surface area (Å²) in [5, 5.41) is 6.96. The highest BCUT2D eigenvalue weighted by atomic mass is 32.2. The van der Waals surface area contributed by atoms with Crippen molar-refractivity contribution in [2.75, 3.05) is 7.05 Å². The highest BCUT2D eigenvalue weighted by Crippen LogP contribution is 2.26. The summed E-state index contributed by atoms with van der Waals surface area (Å²) in [6.45, 7) is 2.44. The van der Waals surface area contributed by atoms with Crippen LogP contribution in [0.1, 0.15) is 44.6 Å². The van der Waals surface area contributed by atoms with Crippen LogP contribution in [-0.2, 0) is 17.8 Å². The number of hydrogen-bond acceptors (Lipinski definition) is 4. The second-order valence-electron chi connectivity index (χ2n) is 7.20. The summed E-state index contributed by atoms with van der Waals surface area (Å²) in [6.07, 6.45) is 6.58. The Morgan fingerprint density at radius 3 is 2.70 bits per heavy atom. The van der Waals surface area contributed by atoms with Crippen LogP contribution in [0, 0.1) is 0 Å². The number of hydrogen-bond donors (Lipinski definition) is 1. The summed E-state index contributed by atoms with van der Waals surface area (Å²) in [5.41, 5.74) is 0.941. The quantitative estimate of drug-likeness (QED) is 0.740. The number of aryl methyl sites for hydroxylation is 1. The molecule has 1 N–H and O–H groups in total. The molecule has 3 rings (SSSR count). The van der Waals surface area contributed by atoms with E-state index in [0.29, 0.717) is 17.7 Å². The fourth-order valence-electron chi connectivity index (χ4n) is 3.62. The van der Waals surface area contributed by atoms with E-state index in [0.717, 1.165) is 19.3 Å². The van der Waals surface area contributed by atoms with Crippen molar-refractivity contribution in [3.8, 4) is 0 Å². The van der Waals surface area contributed by atoms with Gasteiger partial charge < -0.3 is 4.90 Å². The predicted molar refractivity (Wildman–Crippen MR) is 108 cm³/mol. The highest BCUT2D eigenvalue weighted by molar-refractivity contribution is 8.00. The Kier molecular flexibility index (Phi) is 6.77. The SMILES string of the molecule is CC(Sc1n[nH]c(=O)n1CCc1ccccc1)C(=O)N(C)C1CCCCC1. The van der Waals surface area contributed by atoms with E-state index in [9.17, 15) is 9.59 Å². The van der Waals surface area contributed by atoms with Crippen molar-refractivity contribution >= 4 is 17.7 Å². The predicted octanol–water partition coefficient (Wildman–Crippen LogP) is 3.09. The third kappa shape index (κ3) is 5.03. The Bertz CT molecular complexity index is 796. The molecule has 1 unspecified atom stereocenters. The summed E-state index contributed by atoms with van der Waals surface area (Å²) in [4.78, 5) is 26.9. The van der Waals surface area contributed by atoms with Gasteiger partial charge in [0.2, 0.25) is 5.91 Å². The summed E-state index contributed by atoms with van der Waals surface area (Å²) in [7, 11) is 1.91. The summed E-state index contributed by atoms with van der Waals surface area (Å²) < 4.78 is 1.63. The van der Waals surface area contributed by atoms with E-state index >= 15 is 0 Å². The van der Waals surface area contributed by atoms with Gasteiger partial charge in [0.15, 0.2) is 5.16 Å². The standard InChI is InChI=1S/C20H28N4O2S/c1-15(18(25)23(2)17-11-7-4-8-12-17)27-20-22-21-19(26)24(20)14-13-16-9-5-3-6-10-16/h3,5-6,9-10,15,17H,4,7-8,11-14H2,1-2H3,(H,21,26). The van der Waals surface area contributed by atoms with Crippen molar-refractivity contribution in [3.63, 3.8) is 0 Å². The van der Waals surface area contributed by atoms with Crippen LogP contribution in [0.15, 0.2) is 40.3 Å². The molecule has 1 heterocycles. The van der Waals surface area contributed by atoms with E-state index in [-0.39, 0.29) is 16.8 Å². The topological polar surface area (TPSA) is 71.0 Å². The molecule has 1 atom stereocenters. The maximum Gasteiger partial charge on any atom is 0.343 e. The molecular formula is C20H28N4O2S. The van der Waals surface area contributed by atoms with Gasteiger partial charge in [0.25, 0.3) is 0 Å². The number of nitrogens with one attached hydrogen (secondary N) is 1. The van der Waals surface area contributed by atoms with Crippen molar-refractivity contribution in [2.45, 2.75) is 68.4 Å². The zero-order valence-electron chi connectivity index (χ0n) is 16.1. The molecule has 1 aromatic carbocycles. The Morgan fingerprint density at radius 1 is 1.30 bits per heavy atom. The number of rotatable bonds is 7. The molecule has 1 saturated carbocycles. The molecule has 2 aromatic rings. The maximum absolute atomic E-state index is 12.8. The van der Waals surface area contributed by atoms with Crippen molar-refractivity contribution in [3.05, 3.63) is 46.4 Å². The first-order chi connectivity index (χ1) is 13.1. The molecule has 1 aromatic heterocycles. The molecule has 1 fully saturated rings. The zero-order valence-corrected chi connectivity index (χ0v) is 16.9. The molecular weight excluding hydrogens is 360 g/mol. The first-order valence-electron chi connectivity index (χ1n) is 9.68. The lowest BCUT2D eigenvalue weighted by molar-refractivity contribution is -0.131. The normalized spacial score (nSPS) is 16.2. The third-order valence-electron chi connectivity index (χ3n) is 5.29. The lowest BCUT2D eigenvalue weighted by atomic mass is 9.94. The Hall–Kier alpha value is -2.02. The van der Waals surface area contributed by atoms with E-state index < -0.39 is 0 Å². The number of nitrogens with zero attached hydrogens (tertiary/aromatic N) is 3. The smallest absolute Gasteiger partial charge is 0.342 e. The molecule has 1 aliphatic rings. The number of aromatic amines is 1. The number of H-pyrrole nitrogens is 1. The monoisotopic (exact) mass is 388 g/mol. The molecule has 146 valence electrons. The second kappa shape index (κ2) is 9.26. The second-order valence-corrected chi connectivity index (χ2v) is 8.51. The van der Waals surface area contributed by atoms with Crippen LogP contribution in [-0.4, -0.2) is 43.9 Å². The average molecular weight is 389 g/mol. The van der Waals surface area contributed by atoms with Gasteiger partial charge in [-0.2, -0.15) is 0 Å². The van der Waals surface area contributed by atoms with Crippen LogP contribution < -0.4 is 5.69 Å². The number of carbonyl (C=O) groups is 1. The fourth-order valence-corrected chi connectivity index (χ4v) is 4.60. The van der Waals surface area contributed by atoms with Crippen LogP contribution in [0.25, 0.3) is 0 Å². The lowest BCUT2D eigenvalue weighted by Gasteiger charge is -2.32. The van der Waals surface area contributed by atoms with Crippen molar-refractivity contribution in [2.24, 2.45) is 0 Å². The minimum Gasteiger partial charge on any atom is -0.342 e. The van der Waals surface area contributed by atoms with E-state index in [4.69, 9.17) is 0 Å². The Labute approximate surface area is 164 Å². The molecule has 0 radical (unpaired) electrons. The van der Waals surface area contributed by atoms with E-state index in [1.54, 1.807) is 4.57 Å². The average Bonchev–Trinajstić information content (AvgIpc) is 3.05. The molecule has 0 saturated heterocycles. The Balaban J connectivity index is 1.62. The Morgan fingerprint density at radius 2 is 2.00 bits per heavy atom. The van der Waals surface area contributed by atoms with Gasteiger partial charge in [0.05, 0.1) is 5.25 Å². The van der Waals surface area contributed by atoms with Gasteiger partial charge in [0.1, 0.15) is 0 Å². The molecule has 1 amide bonds. The van der Waals surface area contributed by atoms with Crippen LogP contribution in [0.4, 0.5) is 0 Å². The lowest BCUT2D eigenvalue weighted by Crippen LogP contribution is -2.42. The van der Waals surface area contributed by atoms with Crippen molar-refractivity contribution in [1.29, 1.82) is 0 Å². The minimum atomic E-state index is -0.275. The van der Waals surface area contributed by atoms with Crippen molar-refractivity contribution in [1.82, 2.24) is 19.7 Å². The number of benzene rings is 1. The van der Waals surface area contributed by atoms with Crippen LogP contribution in [0.2, 0.25) is 0 Å². The summed E-state index contributed by atoms with van der Waals surface area (Å²) in [5.74, 6) is 0.108. The molecule has 0 bridgehead atoms. The number of carbonyl (C=O) groups excluding carboxylic acids is 1. The largest absolute Gasteiger partial charge is 0.343 e. The van der Waals surface area contributed by atoms with Crippen LogP contribution in [0.5, 0.6) is 0 Å². The van der Waals surface area contributed by atoms with E-state index in [1.807, 2.05) is 49.2 Å². The first-order valence-corrected chi connectivity index (χ1v) is 10.6. The third-order valence-corrected chi connectivity index (χ3v) is 6.37. The van der Waals surface area contributed by atoms with Crippen LogP contribution in [0.3, 0.4) is 0 Å². The molecule has 7 heteroatoms. The maximum atomic E-state index is 12.8.